The molecule has 27 heavy (non-hydrogen) atoms. The highest BCUT2D eigenvalue weighted by Crippen LogP contribution is 2.65. The fraction of sp³-hybridized carbons (Fsp3) is 0.444. The lowest BCUT2D eigenvalue weighted by molar-refractivity contribution is 0.0757. The lowest BCUT2D eigenvalue weighted by atomic mass is 10.4. The predicted molar refractivity (Wildman–Crippen MR) is 89.0 cm³/mol. The molecule has 0 aliphatic carbocycles. The fourth-order valence-corrected chi connectivity index (χ4v) is 5.30. The Hall–Kier alpha value is -1.24. The van der Waals surface area contributed by atoms with Crippen molar-refractivity contribution in [3.05, 3.63) is 12.7 Å². The van der Waals surface area contributed by atoms with Crippen LogP contribution in [0, 0.1) is 0 Å². The summed E-state index contributed by atoms with van der Waals surface area (Å²) in [7, 11) is -15.8. The molecule has 0 aromatic carbocycles. The van der Waals surface area contributed by atoms with Crippen LogP contribution in [0.4, 0.5) is 5.82 Å². The van der Waals surface area contributed by atoms with Gasteiger partial charge in [0.05, 0.1) is 19.0 Å². The molecule has 0 aliphatic heterocycles. The van der Waals surface area contributed by atoms with Gasteiger partial charge in [0.15, 0.2) is 11.5 Å². The number of phosphoric acid groups is 2. The van der Waals surface area contributed by atoms with Crippen molar-refractivity contribution in [1.82, 2.24) is 19.5 Å². The Kier molecular flexibility index (Phi) is 6.55. The van der Waals surface area contributed by atoms with Crippen LogP contribution >= 0.6 is 23.2 Å². The number of imidazole rings is 1. The van der Waals surface area contributed by atoms with Crippen molar-refractivity contribution in [3.63, 3.8) is 0 Å². The van der Waals surface area contributed by atoms with Gasteiger partial charge in [-0.1, -0.05) is 0 Å². The molecule has 152 valence electrons. The fourth-order valence-electron chi connectivity index (χ4n) is 1.92. The van der Waals surface area contributed by atoms with E-state index in [4.69, 9.17) is 25.2 Å². The van der Waals surface area contributed by atoms with Gasteiger partial charge in [-0.2, -0.15) is 4.31 Å². The van der Waals surface area contributed by atoms with Crippen LogP contribution in [0.15, 0.2) is 12.7 Å². The molecule has 15 nitrogen and oxygen atoms in total. The minimum Gasteiger partial charge on any atom is -0.382 e. The van der Waals surface area contributed by atoms with Crippen LogP contribution in [0.25, 0.3) is 11.2 Å². The highest BCUT2D eigenvalue weighted by molar-refractivity contribution is 7.68. The molecule has 0 saturated carbocycles. The lowest BCUT2D eigenvalue weighted by Gasteiger charge is -2.19. The zero-order valence-electron chi connectivity index (χ0n) is 13.6. The summed E-state index contributed by atoms with van der Waals surface area (Å²) in [6, 6.07) is 0. The van der Waals surface area contributed by atoms with E-state index in [1.807, 2.05) is 0 Å². The summed E-state index contributed by atoms with van der Waals surface area (Å²) in [5.74, 6) is 0.171. The van der Waals surface area contributed by atoms with E-state index in [2.05, 4.69) is 23.6 Å². The summed E-state index contributed by atoms with van der Waals surface area (Å²) < 4.78 is 47.6. The van der Waals surface area contributed by atoms with Gasteiger partial charge in [0, 0.05) is 0 Å². The van der Waals surface area contributed by atoms with E-state index in [9.17, 15) is 18.6 Å². The molecule has 3 atom stereocenters. The van der Waals surface area contributed by atoms with Crippen LogP contribution in [0.2, 0.25) is 0 Å². The highest BCUT2D eigenvalue weighted by Gasteiger charge is 2.39. The summed E-state index contributed by atoms with van der Waals surface area (Å²) in [6.07, 6.45) is 0.869. The number of hydrogen-bond acceptors (Lipinski definition) is 10. The second-order valence-electron chi connectivity index (χ2n) is 5.19. The topological polar surface area (TPSA) is 229 Å². The van der Waals surface area contributed by atoms with Crippen LogP contribution < -0.4 is 5.73 Å². The number of nitrogens with two attached hydrogens (primary N) is 1. The van der Waals surface area contributed by atoms with Gasteiger partial charge in [-0.25, -0.2) is 28.4 Å². The molecule has 0 fully saturated rings. The van der Waals surface area contributed by atoms with Crippen molar-refractivity contribution in [2.45, 2.75) is 19.6 Å². The second-order valence-corrected chi connectivity index (χ2v) is 9.95. The van der Waals surface area contributed by atoms with E-state index in [-0.39, 0.29) is 12.4 Å². The molecule has 2 heterocycles. The summed E-state index contributed by atoms with van der Waals surface area (Å²) in [4.78, 5) is 47.4. The molecule has 0 aliphatic rings. The van der Waals surface area contributed by atoms with Gasteiger partial charge in [0.1, 0.15) is 18.2 Å². The number of nitrogens with zero attached hydrogens (tertiary/aromatic N) is 4. The summed E-state index contributed by atoms with van der Waals surface area (Å²) in [5, 5.41) is 0. The van der Waals surface area contributed by atoms with E-state index >= 15 is 0 Å². The van der Waals surface area contributed by atoms with Crippen molar-refractivity contribution < 1.29 is 46.6 Å². The summed E-state index contributed by atoms with van der Waals surface area (Å²) in [6.45, 7) is 1.63. The molecule has 0 radical (unpaired) electrons. The van der Waals surface area contributed by atoms with Crippen LogP contribution in [0.1, 0.15) is 6.92 Å². The number of nitrogen functional groups attached to an aromatic ring is 1. The standard InChI is InChI=1S/C9H16N5O10P3/c1-6(2-14-4-13-7-8(10)11-3-12-9(7)14)22-5-25(15,16)23-27(20,21)24-26(17,18)19/h3-4,6H,2,5H2,1H3,(H,15,16)(H,20,21)(H2,10,11,12)(H2,17,18,19)/t6-/m0/s1. The third-order valence-electron chi connectivity index (χ3n) is 2.85. The first-order valence-electron chi connectivity index (χ1n) is 6.94. The third kappa shape index (κ3) is 6.70. The van der Waals surface area contributed by atoms with Crippen molar-refractivity contribution in [2.24, 2.45) is 0 Å². The van der Waals surface area contributed by atoms with E-state index in [0.29, 0.717) is 11.2 Å². The van der Waals surface area contributed by atoms with Gasteiger partial charge in [-0.05, 0) is 6.92 Å². The molecule has 2 aromatic rings. The largest absolute Gasteiger partial charge is 0.488 e. The molecule has 2 rings (SSSR count). The quantitative estimate of drug-likeness (QED) is 0.323. The van der Waals surface area contributed by atoms with E-state index in [1.165, 1.54) is 24.1 Å². The predicted octanol–water partition coefficient (Wildman–Crippen LogP) is 0.183. The molecule has 18 heteroatoms. The average Bonchev–Trinajstić information content (AvgIpc) is 2.86. The van der Waals surface area contributed by atoms with Gasteiger partial charge < -0.3 is 34.6 Å². The zero-order valence-corrected chi connectivity index (χ0v) is 16.3. The van der Waals surface area contributed by atoms with E-state index in [0.717, 1.165) is 0 Å². The average molecular weight is 447 g/mol. The van der Waals surface area contributed by atoms with Crippen molar-refractivity contribution in [3.8, 4) is 0 Å². The Labute approximate surface area is 151 Å². The first kappa shape index (κ1) is 22.1. The van der Waals surface area contributed by atoms with Gasteiger partial charge in [0.25, 0.3) is 0 Å². The van der Waals surface area contributed by atoms with Crippen LogP contribution in [-0.2, 0) is 33.6 Å². The Balaban J connectivity index is 1.96. The minimum atomic E-state index is -5.49. The molecule has 2 aromatic heterocycles. The Morgan fingerprint density at radius 1 is 1.15 bits per heavy atom. The molecule has 0 spiro atoms. The molecule has 2 unspecified atom stereocenters. The van der Waals surface area contributed by atoms with Gasteiger partial charge >= 0.3 is 23.2 Å². The maximum absolute atomic E-state index is 11.8. The lowest BCUT2D eigenvalue weighted by Crippen LogP contribution is -2.17. The van der Waals surface area contributed by atoms with E-state index < -0.39 is 35.7 Å². The number of aromatic nitrogens is 4. The highest BCUT2D eigenvalue weighted by atomic mass is 31.3. The second kappa shape index (κ2) is 8.02. The van der Waals surface area contributed by atoms with Gasteiger partial charge in [-0.15, -0.1) is 0 Å². The molecule has 6 N–H and O–H groups in total. The monoisotopic (exact) mass is 447 g/mol. The van der Waals surface area contributed by atoms with Crippen molar-refractivity contribution >= 4 is 40.2 Å². The zero-order chi connectivity index (χ0) is 20.5. The number of fused-ring (bicyclic) bond motifs is 1. The van der Waals surface area contributed by atoms with Crippen LogP contribution in [0.5, 0.6) is 0 Å². The number of anilines is 1. The van der Waals surface area contributed by atoms with Crippen LogP contribution in [0.3, 0.4) is 0 Å². The van der Waals surface area contributed by atoms with Crippen molar-refractivity contribution in [2.75, 3.05) is 12.1 Å². The Morgan fingerprint density at radius 2 is 1.81 bits per heavy atom. The molecule has 0 saturated heterocycles. The smallest absolute Gasteiger partial charge is 0.382 e. The van der Waals surface area contributed by atoms with E-state index in [1.54, 1.807) is 0 Å². The molecule has 0 amide bonds. The maximum atomic E-state index is 11.8. The summed E-state index contributed by atoms with van der Waals surface area (Å²) in [5.41, 5.74) is 6.41. The number of ether oxygens (including phenoxy) is 1. The summed E-state index contributed by atoms with van der Waals surface area (Å²) >= 11 is 0. The Bertz CT molecular complexity index is 959. The number of rotatable bonds is 9. The SMILES string of the molecule is C[C@@H](Cn1cnc2c(N)ncnc21)OCP(=O)(O)OP(=O)(O)OP(=O)(O)O. The normalized spacial score (nSPS) is 18.1. The van der Waals surface area contributed by atoms with Crippen LogP contribution in [-0.4, -0.2) is 51.5 Å². The number of hydrogen-bond donors (Lipinski definition) is 5. The first-order chi connectivity index (χ1) is 12.3. The molecule has 0 bridgehead atoms. The molecular formula is C9H16N5O10P3. The van der Waals surface area contributed by atoms with Gasteiger partial charge in [-0.3, -0.25) is 4.57 Å². The van der Waals surface area contributed by atoms with Crippen molar-refractivity contribution in [1.29, 1.82) is 0 Å². The minimum absolute atomic E-state index is 0.114. The Morgan fingerprint density at radius 3 is 2.44 bits per heavy atom. The molecular weight excluding hydrogens is 431 g/mol. The third-order valence-corrected chi connectivity index (χ3v) is 6.84. The first-order valence-corrected chi connectivity index (χ1v) is 11.7. The maximum Gasteiger partial charge on any atom is 0.488 e. The van der Waals surface area contributed by atoms with Gasteiger partial charge in [0.2, 0.25) is 0 Å².